The van der Waals surface area contributed by atoms with Crippen molar-refractivity contribution in [2.24, 2.45) is 0 Å². The number of nitrogens with zero attached hydrogens (tertiary/aromatic N) is 1. The number of aromatic nitrogens is 1. The van der Waals surface area contributed by atoms with Crippen LogP contribution in [0.2, 0.25) is 5.02 Å². The second-order valence-electron chi connectivity index (χ2n) is 4.61. The van der Waals surface area contributed by atoms with E-state index in [0.29, 0.717) is 23.3 Å². The van der Waals surface area contributed by atoms with E-state index in [-0.39, 0.29) is 0 Å². The Kier molecular flexibility index (Phi) is 3.93. The number of aryl methyl sites for hydroxylation is 1. The van der Waals surface area contributed by atoms with E-state index in [1.165, 1.54) is 0 Å². The van der Waals surface area contributed by atoms with Crippen molar-refractivity contribution >= 4 is 11.6 Å². The highest BCUT2D eigenvalue weighted by molar-refractivity contribution is 6.32. The molecular weight excluding hydrogens is 286 g/mol. The van der Waals surface area contributed by atoms with Gasteiger partial charge in [0.25, 0.3) is 0 Å². The maximum Gasteiger partial charge on any atom is 0.226 e. The van der Waals surface area contributed by atoms with Gasteiger partial charge in [0.15, 0.2) is 0 Å². The van der Waals surface area contributed by atoms with Gasteiger partial charge in [-0.3, -0.25) is 0 Å². The van der Waals surface area contributed by atoms with Crippen molar-refractivity contribution in [3.63, 3.8) is 0 Å². The predicted octanol–water partition coefficient (Wildman–Crippen LogP) is 4.88. The Morgan fingerprint density at radius 2 is 1.76 bits per heavy atom. The molecule has 21 heavy (non-hydrogen) atoms. The van der Waals surface area contributed by atoms with E-state index < -0.39 is 0 Å². The van der Waals surface area contributed by atoms with E-state index in [0.717, 1.165) is 17.0 Å². The van der Waals surface area contributed by atoms with E-state index >= 15 is 0 Å². The van der Waals surface area contributed by atoms with Crippen LogP contribution in [0.1, 0.15) is 11.5 Å². The summed E-state index contributed by atoms with van der Waals surface area (Å²) in [5.74, 6) is 1.99. The van der Waals surface area contributed by atoms with Gasteiger partial charge in [0.2, 0.25) is 5.89 Å². The summed E-state index contributed by atoms with van der Waals surface area (Å²) in [5, 5.41) is 0.585. The quantitative estimate of drug-likeness (QED) is 0.688. The van der Waals surface area contributed by atoms with Gasteiger partial charge in [-0.05, 0) is 31.2 Å². The topological polar surface area (TPSA) is 35.3 Å². The minimum Gasteiger partial charge on any atom is -0.486 e. The average Bonchev–Trinajstić information content (AvgIpc) is 2.89. The van der Waals surface area contributed by atoms with Crippen molar-refractivity contribution in [1.29, 1.82) is 0 Å². The molecule has 3 nitrogen and oxygen atoms in total. The maximum atomic E-state index is 6.06. The molecule has 0 aliphatic heterocycles. The van der Waals surface area contributed by atoms with Crippen LogP contribution in [0, 0.1) is 6.92 Å². The molecule has 0 aliphatic rings. The summed E-state index contributed by atoms with van der Waals surface area (Å²) in [6.07, 6.45) is 0. The van der Waals surface area contributed by atoms with Gasteiger partial charge in [0.1, 0.15) is 23.8 Å². The first-order valence-corrected chi connectivity index (χ1v) is 7.01. The number of hydrogen-bond acceptors (Lipinski definition) is 3. The molecule has 106 valence electrons. The molecule has 0 radical (unpaired) electrons. The van der Waals surface area contributed by atoms with Gasteiger partial charge in [0.05, 0.1) is 5.02 Å². The zero-order valence-corrected chi connectivity index (χ0v) is 12.3. The zero-order chi connectivity index (χ0) is 14.7. The monoisotopic (exact) mass is 299 g/mol. The van der Waals surface area contributed by atoms with Crippen molar-refractivity contribution in [3.05, 3.63) is 71.1 Å². The van der Waals surface area contributed by atoms with E-state index in [1.54, 1.807) is 6.07 Å². The fraction of sp³-hybridized carbons (Fsp3) is 0.118. The lowest BCUT2D eigenvalue weighted by Crippen LogP contribution is -1.98. The van der Waals surface area contributed by atoms with Gasteiger partial charge < -0.3 is 9.15 Å². The lowest BCUT2D eigenvalue weighted by atomic mass is 10.2. The minimum atomic E-state index is 0.325. The summed E-state index contributed by atoms with van der Waals surface area (Å²) < 4.78 is 11.4. The van der Waals surface area contributed by atoms with Crippen molar-refractivity contribution in [1.82, 2.24) is 4.98 Å². The molecule has 0 aliphatic carbocycles. The minimum absolute atomic E-state index is 0.325. The van der Waals surface area contributed by atoms with Crippen molar-refractivity contribution in [3.8, 4) is 17.2 Å². The third-order valence-corrected chi connectivity index (χ3v) is 3.43. The summed E-state index contributed by atoms with van der Waals surface area (Å²) in [5.41, 5.74) is 1.72. The fourth-order valence-electron chi connectivity index (χ4n) is 1.97. The molecule has 0 atom stereocenters. The van der Waals surface area contributed by atoms with Crippen LogP contribution in [-0.4, -0.2) is 4.98 Å². The van der Waals surface area contributed by atoms with Crippen LogP contribution in [0.4, 0.5) is 0 Å². The lowest BCUT2D eigenvalue weighted by Gasteiger charge is -2.05. The first kappa shape index (κ1) is 13.7. The van der Waals surface area contributed by atoms with Crippen LogP contribution in [0.5, 0.6) is 5.75 Å². The summed E-state index contributed by atoms with van der Waals surface area (Å²) in [4.78, 5) is 4.49. The molecule has 4 heteroatoms. The molecule has 0 saturated heterocycles. The Hall–Kier alpha value is -2.26. The summed E-state index contributed by atoms with van der Waals surface area (Å²) in [7, 11) is 0. The third kappa shape index (κ3) is 3.09. The molecule has 0 bridgehead atoms. The zero-order valence-electron chi connectivity index (χ0n) is 11.5. The number of oxazole rings is 1. The number of hydrogen-bond donors (Lipinski definition) is 0. The molecule has 1 heterocycles. The number of ether oxygens (including phenoxy) is 1. The fourth-order valence-corrected chi connectivity index (χ4v) is 2.16. The maximum absolute atomic E-state index is 6.06. The molecular formula is C17H14ClNO2. The molecule has 0 unspecified atom stereocenters. The molecule has 0 saturated carbocycles. The highest BCUT2D eigenvalue weighted by Gasteiger charge is 2.12. The molecule has 1 aromatic heterocycles. The third-order valence-electron chi connectivity index (χ3n) is 3.11. The average molecular weight is 300 g/mol. The van der Waals surface area contributed by atoms with Crippen molar-refractivity contribution in [2.75, 3.05) is 0 Å². The molecule has 2 aromatic carbocycles. The molecule has 3 aromatic rings. The second-order valence-corrected chi connectivity index (χ2v) is 5.01. The van der Waals surface area contributed by atoms with E-state index in [4.69, 9.17) is 20.8 Å². The highest BCUT2D eigenvalue weighted by atomic mass is 35.5. The molecule has 0 spiro atoms. The van der Waals surface area contributed by atoms with Crippen LogP contribution in [0.15, 0.2) is 59.0 Å². The lowest BCUT2D eigenvalue weighted by molar-refractivity contribution is 0.299. The predicted molar refractivity (Wildman–Crippen MR) is 82.5 cm³/mol. The van der Waals surface area contributed by atoms with E-state index in [1.807, 2.05) is 55.5 Å². The Bertz CT molecular complexity index is 738. The van der Waals surface area contributed by atoms with Crippen LogP contribution in [0.3, 0.4) is 0 Å². The van der Waals surface area contributed by atoms with Crippen LogP contribution in [0.25, 0.3) is 11.5 Å². The van der Waals surface area contributed by atoms with Crippen LogP contribution >= 0.6 is 11.6 Å². The highest BCUT2D eigenvalue weighted by Crippen LogP contribution is 2.26. The van der Waals surface area contributed by atoms with Gasteiger partial charge in [-0.25, -0.2) is 4.98 Å². The van der Waals surface area contributed by atoms with Gasteiger partial charge in [0, 0.05) is 5.56 Å². The first-order valence-electron chi connectivity index (χ1n) is 6.63. The van der Waals surface area contributed by atoms with E-state index in [2.05, 4.69) is 4.98 Å². The van der Waals surface area contributed by atoms with Crippen LogP contribution in [-0.2, 0) is 6.61 Å². The molecule has 0 N–H and O–H groups in total. The number of halogens is 1. The Morgan fingerprint density at radius 3 is 2.52 bits per heavy atom. The normalized spacial score (nSPS) is 10.6. The Balaban J connectivity index is 1.78. The number of para-hydroxylation sites is 1. The van der Waals surface area contributed by atoms with Gasteiger partial charge in [-0.1, -0.05) is 41.9 Å². The second kappa shape index (κ2) is 6.02. The Morgan fingerprint density at radius 1 is 1.05 bits per heavy atom. The smallest absolute Gasteiger partial charge is 0.226 e. The van der Waals surface area contributed by atoms with E-state index in [9.17, 15) is 0 Å². The summed E-state index contributed by atoms with van der Waals surface area (Å²) in [6, 6.07) is 17.2. The van der Waals surface area contributed by atoms with Gasteiger partial charge >= 0.3 is 0 Å². The van der Waals surface area contributed by atoms with Crippen LogP contribution < -0.4 is 4.74 Å². The molecule has 0 amide bonds. The number of rotatable bonds is 4. The first-order chi connectivity index (χ1) is 10.2. The summed E-state index contributed by atoms with van der Waals surface area (Å²) >= 11 is 6.06. The van der Waals surface area contributed by atoms with Crippen molar-refractivity contribution < 1.29 is 9.15 Å². The Labute approximate surface area is 128 Å². The number of benzene rings is 2. The standard InChI is InChI=1S/C17H14ClNO2/c1-12-15(11-20-16-10-6-5-9-14(16)18)19-17(21-12)13-7-3-2-4-8-13/h2-10H,11H2,1H3. The largest absolute Gasteiger partial charge is 0.486 e. The van der Waals surface area contributed by atoms with Crippen molar-refractivity contribution in [2.45, 2.75) is 13.5 Å². The SMILES string of the molecule is Cc1oc(-c2ccccc2)nc1COc1ccccc1Cl. The van der Waals surface area contributed by atoms with Gasteiger partial charge in [-0.15, -0.1) is 0 Å². The molecule has 3 rings (SSSR count). The summed E-state index contributed by atoms with van der Waals surface area (Å²) in [6.45, 7) is 2.20. The molecule has 0 fully saturated rings. The van der Waals surface area contributed by atoms with Gasteiger partial charge in [-0.2, -0.15) is 0 Å².